The van der Waals surface area contributed by atoms with Crippen LogP contribution in [0.2, 0.25) is 0 Å². The molecule has 1 amide bonds. The Labute approximate surface area is 192 Å². The second-order valence-corrected chi connectivity index (χ2v) is 11.2. The molecular formula is C24H26F2N2O4S. The second kappa shape index (κ2) is 8.14. The predicted octanol–water partition coefficient (Wildman–Crippen LogP) is 2.87. The van der Waals surface area contributed by atoms with Gasteiger partial charge in [0, 0.05) is 30.0 Å². The van der Waals surface area contributed by atoms with E-state index in [0.717, 1.165) is 31.2 Å². The second-order valence-electron chi connectivity index (χ2n) is 9.41. The monoisotopic (exact) mass is 476 g/mol. The molecule has 1 saturated carbocycles. The van der Waals surface area contributed by atoms with Gasteiger partial charge in [0.05, 0.1) is 18.9 Å². The molecule has 6 nitrogen and oxygen atoms in total. The molecular weight excluding hydrogens is 450 g/mol. The largest absolute Gasteiger partial charge is 0.368 e. The first kappa shape index (κ1) is 22.4. The van der Waals surface area contributed by atoms with Gasteiger partial charge in [-0.05, 0) is 42.5 Å². The summed E-state index contributed by atoms with van der Waals surface area (Å²) in [5.41, 5.74) is 0.420. The van der Waals surface area contributed by atoms with Crippen LogP contribution in [0.15, 0.2) is 42.5 Å². The lowest BCUT2D eigenvalue weighted by Gasteiger charge is -2.34. The molecule has 2 heterocycles. The van der Waals surface area contributed by atoms with Crippen LogP contribution < -0.4 is 4.72 Å². The number of halogens is 2. The van der Waals surface area contributed by atoms with Crippen molar-refractivity contribution in [3.05, 3.63) is 59.7 Å². The molecule has 2 saturated heterocycles. The third-order valence-corrected chi connectivity index (χ3v) is 7.73. The number of carbonyl (C=O) groups excluding carboxylic acids is 1. The molecule has 1 aliphatic carbocycles. The molecule has 2 aliphatic heterocycles. The number of nitrogens with one attached hydrogen (secondary N) is 1. The zero-order chi connectivity index (χ0) is 23.4. The number of hydrogen-bond acceptors (Lipinski definition) is 4. The lowest BCUT2D eigenvalue weighted by Crippen LogP contribution is -2.53. The maximum Gasteiger partial charge on any atom is 0.252 e. The number of hydrogen-bond donors (Lipinski definition) is 1. The van der Waals surface area contributed by atoms with E-state index in [0.29, 0.717) is 25.1 Å². The van der Waals surface area contributed by atoms with Crippen molar-refractivity contribution >= 4 is 15.9 Å². The number of carbonyl (C=O) groups is 1. The average molecular weight is 477 g/mol. The van der Waals surface area contributed by atoms with Crippen molar-refractivity contribution in [2.45, 2.75) is 43.9 Å². The lowest BCUT2D eigenvalue weighted by atomic mass is 9.91. The summed E-state index contributed by atoms with van der Waals surface area (Å²) in [4.78, 5) is 14.8. The number of ether oxygens (including phenoxy) is 1. The molecule has 0 aromatic heterocycles. The molecule has 0 unspecified atom stereocenters. The zero-order valence-corrected chi connectivity index (χ0v) is 19.1. The highest BCUT2D eigenvalue weighted by Crippen LogP contribution is 2.56. The fourth-order valence-electron chi connectivity index (χ4n) is 5.14. The van der Waals surface area contributed by atoms with Gasteiger partial charge in [-0.2, -0.15) is 0 Å². The molecule has 3 atom stereocenters. The fraction of sp³-hybridized carbons (Fsp3) is 0.458. The molecule has 0 radical (unpaired) electrons. The smallest absolute Gasteiger partial charge is 0.252 e. The number of rotatable bonds is 6. The Kier molecular flexibility index (Phi) is 5.54. The van der Waals surface area contributed by atoms with Crippen molar-refractivity contribution in [3.63, 3.8) is 0 Å². The number of benzene rings is 2. The third-order valence-electron chi connectivity index (χ3n) is 7.05. The Bertz CT molecular complexity index is 1180. The van der Waals surface area contributed by atoms with E-state index < -0.39 is 39.8 Å². The van der Waals surface area contributed by atoms with Crippen molar-refractivity contribution in [2.24, 2.45) is 5.41 Å². The Morgan fingerprint density at radius 1 is 1.21 bits per heavy atom. The van der Waals surface area contributed by atoms with Crippen LogP contribution in [0.5, 0.6) is 0 Å². The highest BCUT2D eigenvalue weighted by Gasteiger charge is 2.61. The minimum Gasteiger partial charge on any atom is -0.368 e. The first-order chi connectivity index (χ1) is 15.7. The van der Waals surface area contributed by atoms with Gasteiger partial charge < -0.3 is 9.64 Å². The van der Waals surface area contributed by atoms with Crippen molar-refractivity contribution in [3.8, 4) is 11.1 Å². The van der Waals surface area contributed by atoms with Gasteiger partial charge in [-0.3, -0.25) is 4.79 Å². The number of amides is 1. The minimum absolute atomic E-state index is 0.00315. The highest BCUT2D eigenvalue weighted by atomic mass is 32.2. The standard InChI is InChI=1S/C24H26F2N2O4S/c1-33(30,31)27-22-19(28(14-24(22)8-9-24)23(29)20-7-10-32-20)12-16-11-17(25)13-18(21(16)26)15-5-3-2-4-6-15/h2-6,11,13,19-20,22,27H,7-10,12,14H2,1H3/t19-,20+,22+/m0/s1. The van der Waals surface area contributed by atoms with E-state index in [1.54, 1.807) is 35.2 Å². The Hall–Kier alpha value is -2.36. The SMILES string of the molecule is CS(=O)(=O)N[C@@H]1[C@H](Cc2cc(F)cc(-c3ccccc3)c2F)N(C(=O)[C@H]2CCO2)CC12CC2. The van der Waals surface area contributed by atoms with E-state index in [-0.39, 0.29) is 28.9 Å². The van der Waals surface area contributed by atoms with Gasteiger partial charge in [-0.25, -0.2) is 21.9 Å². The van der Waals surface area contributed by atoms with Crippen LogP contribution in [0, 0.1) is 17.0 Å². The molecule has 5 rings (SSSR count). The molecule has 0 bridgehead atoms. The summed E-state index contributed by atoms with van der Waals surface area (Å²) in [5.74, 6) is -1.36. The predicted molar refractivity (Wildman–Crippen MR) is 119 cm³/mol. The first-order valence-corrected chi connectivity index (χ1v) is 13.0. The van der Waals surface area contributed by atoms with E-state index in [4.69, 9.17) is 4.74 Å². The Morgan fingerprint density at radius 2 is 1.91 bits per heavy atom. The van der Waals surface area contributed by atoms with Gasteiger partial charge in [0.25, 0.3) is 5.91 Å². The summed E-state index contributed by atoms with van der Waals surface area (Å²) in [5, 5.41) is 0. The van der Waals surface area contributed by atoms with Gasteiger partial charge in [-0.1, -0.05) is 30.3 Å². The van der Waals surface area contributed by atoms with Gasteiger partial charge in [0.1, 0.15) is 17.7 Å². The van der Waals surface area contributed by atoms with Crippen molar-refractivity contribution in [2.75, 3.05) is 19.4 Å². The zero-order valence-electron chi connectivity index (χ0n) is 18.3. The van der Waals surface area contributed by atoms with Gasteiger partial charge in [0.2, 0.25) is 10.0 Å². The minimum atomic E-state index is -3.58. The molecule has 3 fully saturated rings. The summed E-state index contributed by atoms with van der Waals surface area (Å²) in [6.07, 6.45) is 2.66. The van der Waals surface area contributed by atoms with Crippen LogP contribution in [0.1, 0.15) is 24.8 Å². The van der Waals surface area contributed by atoms with Gasteiger partial charge in [0.15, 0.2) is 0 Å². The Balaban J connectivity index is 1.53. The summed E-state index contributed by atoms with van der Waals surface area (Å²) >= 11 is 0. The topological polar surface area (TPSA) is 75.7 Å². The van der Waals surface area contributed by atoms with Crippen LogP contribution in [0.25, 0.3) is 11.1 Å². The fourth-order valence-corrected chi connectivity index (χ4v) is 6.01. The van der Waals surface area contributed by atoms with Crippen molar-refractivity contribution < 1.29 is 26.7 Å². The van der Waals surface area contributed by atoms with Crippen LogP contribution in [-0.2, 0) is 26.0 Å². The maximum atomic E-state index is 15.6. The quantitative estimate of drug-likeness (QED) is 0.696. The number of nitrogens with zero attached hydrogens (tertiary/aromatic N) is 1. The molecule has 1 N–H and O–H groups in total. The first-order valence-electron chi connectivity index (χ1n) is 11.1. The summed E-state index contributed by atoms with van der Waals surface area (Å²) < 4.78 is 62.6. The van der Waals surface area contributed by atoms with Crippen LogP contribution in [-0.4, -0.2) is 56.8 Å². The van der Waals surface area contributed by atoms with E-state index in [9.17, 15) is 17.6 Å². The van der Waals surface area contributed by atoms with E-state index in [1.165, 1.54) is 0 Å². The van der Waals surface area contributed by atoms with Crippen LogP contribution in [0.3, 0.4) is 0 Å². The van der Waals surface area contributed by atoms with E-state index in [2.05, 4.69) is 4.72 Å². The molecule has 176 valence electrons. The lowest BCUT2D eigenvalue weighted by molar-refractivity contribution is -0.157. The molecule has 2 aromatic rings. The molecule has 33 heavy (non-hydrogen) atoms. The number of likely N-dealkylation sites (tertiary alicyclic amines) is 1. The maximum absolute atomic E-state index is 15.6. The van der Waals surface area contributed by atoms with E-state index >= 15 is 4.39 Å². The van der Waals surface area contributed by atoms with Crippen molar-refractivity contribution in [1.82, 2.24) is 9.62 Å². The van der Waals surface area contributed by atoms with Gasteiger partial charge >= 0.3 is 0 Å². The van der Waals surface area contributed by atoms with Crippen LogP contribution in [0.4, 0.5) is 8.78 Å². The van der Waals surface area contributed by atoms with Gasteiger partial charge in [-0.15, -0.1) is 0 Å². The van der Waals surface area contributed by atoms with Crippen LogP contribution >= 0.6 is 0 Å². The molecule has 2 aromatic carbocycles. The molecule has 1 spiro atoms. The number of sulfonamides is 1. The van der Waals surface area contributed by atoms with Crippen molar-refractivity contribution in [1.29, 1.82) is 0 Å². The molecule has 3 aliphatic rings. The molecule has 9 heteroatoms. The summed E-state index contributed by atoms with van der Waals surface area (Å²) in [7, 11) is -3.58. The average Bonchev–Trinajstić information content (AvgIpc) is 3.44. The summed E-state index contributed by atoms with van der Waals surface area (Å²) in [6.45, 7) is 0.885. The van der Waals surface area contributed by atoms with E-state index in [1.807, 2.05) is 0 Å². The third kappa shape index (κ3) is 4.29. The summed E-state index contributed by atoms with van der Waals surface area (Å²) in [6, 6.07) is 9.78. The highest BCUT2D eigenvalue weighted by molar-refractivity contribution is 7.88. The Morgan fingerprint density at radius 3 is 2.48 bits per heavy atom. The normalized spacial score (nSPS) is 25.8.